The Hall–Kier alpha value is -3.94. The Balaban J connectivity index is 1.58. The number of pyridine rings is 1. The van der Waals surface area contributed by atoms with Crippen molar-refractivity contribution in [1.82, 2.24) is 9.47 Å². The van der Waals surface area contributed by atoms with Gasteiger partial charge in [-0.25, -0.2) is 0 Å². The SMILES string of the molecule is Cc1c(C(=O)CCN2C(=O)/C(=C/c3ccccc3)SC2=S)c(O)n(Cc2ccco2)c(=O)c1C#N. The molecule has 0 unspecified atom stereocenters. The molecule has 1 saturated heterocycles. The molecule has 8 nitrogen and oxygen atoms in total. The summed E-state index contributed by atoms with van der Waals surface area (Å²) in [6.07, 6.45) is 2.99. The maximum absolute atomic E-state index is 13.2. The number of rotatable bonds is 7. The van der Waals surface area contributed by atoms with Crippen molar-refractivity contribution in [3.05, 3.63) is 92.0 Å². The largest absolute Gasteiger partial charge is 0.494 e. The van der Waals surface area contributed by atoms with Gasteiger partial charge in [0.2, 0.25) is 5.88 Å². The van der Waals surface area contributed by atoms with Gasteiger partial charge in [-0.2, -0.15) is 5.26 Å². The number of thioether (sulfide) groups is 1. The molecule has 0 saturated carbocycles. The minimum Gasteiger partial charge on any atom is -0.494 e. The lowest BCUT2D eigenvalue weighted by Crippen LogP contribution is -2.31. The van der Waals surface area contributed by atoms with Crippen LogP contribution in [-0.2, 0) is 11.3 Å². The van der Waals surface area contributed by atoms with Crippen LogP contribution >= 0.6 is 24.0 Å². The van der Waals surface area contributed by atoms with Gasteiger partial charge in [0, 0.05) is 13.0 Å². The molecule has 0 atom stereocenters. The summed E-state index contributed by atoms with van der Waals surface area (Å²) in [7, 11) is 0. The highest BCUT2D eigenvalue weighted by molar-refractivity contribution is 8.26. The van der Waals surface area contributed by atoms with E-state index in [1.54, 1.807) is 18.2 Å². The summed E-state index contributed by atoms with van der Waals surface area (Å²) >= 11 is 6.49. The van der Waals surface area contributed by atoms with Crippen molar-refractivity contribution in [2.45, 2.75) is 19.9 Å². The van der Waals surface area contributed by atoms with Crippen LogP contribution in [0, 0.1) is 18.3 Å². The van der Waals surface area contributed by atoms with Crippen LogP contribution in [0.4, 0.5) is 0 Å². The van der Waals surface area contributed by atoms with Crippen molar-refractivity contribution in [3.8, 4) is 11.9 Å². The molecule has 3 aromatic rings. The molecule has 0 aliphatic carbocycles. The Morgan fingerprint density at radius 3 is 2.63 bits per heavy atom. The Morgan fingerprint density at radius 2 is 1.97 bits per heavy atom. The van der Waals surface area contributed by atoms with E-state index in [0.29, 0.717) is 15.0 Å². The number of hydrogen-bond acceptors (Lipinski definition) is 8. The quantitative estimate of drug-likeness (QED) is 0.292. The number of thiocarbonyl (C=S) groups is 1. The maximum atomic E-state index is 13.2. The first kappa shape index (κ1) is 24.2. The summed E-state index contributed by atoms with van der Waals surface area (Å²) in [5.41, 5.74) is -0.164. The number of Topliss-reactive ketones (excluding diaryl/α,β-unsaturated/α-hetero) is 1. The number of benzene rings is 1. The van der Waals surface area contributed by atoms with Gasteiger partial charge in [0.1, 0.15) is 21.7 Å². The van der Waals surface area contributed by atoms with Crippen molar-refractivity contribution in [2.24, 2.45) is 0 Å². The van der Waals surface area contributed by atoms with Crippen molar-refractivity contribution < 1.29 is 19.1 Å². The Bertz CT molecular complexity index is 1450. The van der Waals surface area contributed by atoms with Crippen LogP contribution in [0.5, 0.6) is 5.88 Å². The Kier molecular flexibility index (Phi) is 7.00. The van der Waals surface area contributed by atoms with Crippen molar-refractivity contribution in [3.63, 3.8) is 0 Å². The van der Waals surface area contributed by atoms with Crippen molar-refractivity contribution >= 4 is 46.1 Å². The van der Waals surface area contributed by atoms with Crippen LogP contribution in [0.3, 0.4) is 0 Å². The molecule has 1 N–H and O–H groups in total. The zero-order valence-corrected chi connectivity index (χ0v) is 20.2. The number of aromatic hydroxyl groups is 1. The first-order chi connectivity index (χ1) is 16.8. The van der Waals surface area contributed by atoms with E-state index in [1.165, 1.54) is 18.1 Å². The third-order valence-corrected chi connectivity index (χ3v) is 6.88. The van der Waals surface area contributed by atoms with Crippen LogP contribution in [0.15, 0.2) is 62.8 Å². The summed E-state index contributed by atoms with van der Waals surface area (Å²) in [5, 5.41) is 20.3. The standard InChI is InChI=1S/C25H19N3O5S2/c1-15-18(13-26)22(30)28(14-17-8-5-11-33-17)24(32)21(15)19(29)9-10-27-23(31)20(35-25(27)34)12-16-6-3-2-4-7-16/h2-8,11-12,32H,9-10,14H2,1H3/b20-12-. The highest BCUT2D eigenvalue weighted by Gasteiger charge is 2.33. The molecule has 1 fully saturated rings. The van der Waals surface area contributed by atoms with Gasteiger partial charge in [0.15, 0.2) is 5.78 Å². The summed E-state index contributed by atoms with van der Waals surface area (Å²) in [4.78, 5) is 40.5. The van der Waals surface area contributed by atoms with E-state index in [4.69, 9.17) is 16.6 Å². The van der Waals surface area contributed by atoms with Gasteiger partial charge >= 0.3 is 0 Å². The third-order valence-electron chi connectivity index (χ3n) is 5.51. The third kappa shape index (κ3) is 4.82. The number of aromatic nitrogens is 1. The van der Waals surface area contributed by atoms with Gasteiger partial charge in [-0.1, -0.05) is 54.3 Å². The van der Waals surface area contributed by atoms with E-state index in [-0.39, 0.29) is 42.1 Å². The minimum absolute atomic E-state index is 0.00624. The monoisotopic (exact) mass is 505 g/mol. The topological polar surface area (TPSA) is 117 Å². The molecule has 1 aliphatic heterocycles. The molecule has 10 heteroatoms. The first-order valence-electron chi connectivity index (χ1n) is 10.5. The van der Waals surface area contributed by atoms with E-state index in [2.05, 4.69) is 0 Å². The fourth-order valence-corrected chi connectivity index (χ4v) is 5.03. The zero-order valence-electron chi connectivity index (χ0n) is 18.6. The zero-order chi connectivity index (χ0) is 25.1. The molecule has 0 bridgehead atoms. The summed E-state index contributed by atoms with van der Waals surface area (Å²) < 4.78 is 6.49. The van der Waals surface area contributed by atoms with Gasteiger partial charge < -0.3 is 9.52 Å². The number of amides is 1. The number of furan rings is 1. The number of hydrogen-bond donors (Lipinski definition) is 1. The van der Waals surface area contributed by atoms with Crippen LogP contribution < -0.4 is 5.56 Å². The van der Waals surface area contributed by atoms with Crippen LogP contribution in [0.2, 0.25) is 0 Å². The van der Waals surface area contributed by atoms with Crippen LogP contribution in [0.25, 0.3) is 6.08 Å². The molecule has 35 heavy (non-hydrogen) atoms. The molecule has 176 valence electrons. The number of carbonyl (C=O) groups excluding carboxylic acids is 2. The molecule has 0 spiro atoms. The van der Waals surface area contributed by atoms with Gasteiger partial charge in [0.25, 0.3) is 11.5 Å². The Morgan fingerprint density at radius 1 is 1.23 bits per heavy atom. The molecule has 1 amide bonds. The van der Waals surface area contributed by atoms with Gasteiger partial charge in [-0.3, -0.25) is 23.9 Å². The smallest absolute Gasteiger partial charge is 0.271 e. The van der Waals surface area contributed by atoms with E-state index in [9.17, 15) is 24.8 Å². The number of nitrogens with zero attached hydrogens (tertiary/aromatic N) is 3. The number of nitriles is 1. The lowest BCUT2D eigenvalue weighted by molar-refractivity contribution is -0.122. The Labute approximate surface area is 210 Å². The van der Waals surface area contributed by atoms with Crippen molar-refractivity contribution in [2.75, 3.05) is 6.54 Å². The van der Waals surface area contributed by atoms with E-state index < -0.39 is 17.2 Å². The second-order valence-corrected chi connectivity index (χ2v) is 9.37. The average Bonchev–Trinajstić information content (AvgIpc) is 3.44. The molecular formula is C25H19N3O5S2. The molecule has 0 radical (unpaired) electrons. The first-order valence-corrected chi connectivity index (χ1v) is 11.8. The molecule has 3 heterocycles. The predicted molar refractivity (Wildman–Crippen MR) is 135 cm³/mol. The van der Waals surface area contributed by atoms with Crippen LogP contribution in [0.1, 0.15) is 39.2 Å². The van der Waals surface area contributed by atoms with E-state index >= 15 is 0 Å². The lowest BCUT2D eigenvalue weighted by atomic mass is 10.00. The fourth-order valence-electron chi connectivity index (χ4n) is 3.72. The molecule has 1 aliphatic rings. The molecule has 4 rings (SSSR count). The highest BCUT2D eigenvalue weighted by Crippen LogP contribution is 2.33. The highest BCUT2D eigenvalue weighted by atomic mass is 32.2. The maximum Gasteiger partial charge on any atom is 0.271 e. The fraction of sp³-hybridized carbons (Fsp3) is 0.160. The van der Waals surface area contributed by atoms with Gasteiger partial charge in [-0.05, 0) is 36.3 Å². The van der Waals surface area contributed by atoms with Crippen molar-refractivity contribution in [1.29, 1.82) is 5.26 Å². The van der Waals surface area contributed by atoms with E-state index in [0.717, 1.165) is 21.9 Å². The molecule has 2 aromatic heterocycles. The van der Waals surface area contributed by atoms with Gasteiger partial charge in [-0.15, -0.1) is 0 Å². The molecule has 1 aromatic carbocycles. The predicted octanol–water partition coefficient (Wildman–Crippen LogP) is 3.85. The minimum atomic E-state index is -0.724. The second kappa shape index (κ2) is 10.1. The average molecular weight is 506 g/mol. The molecular weight excluding hydrogens is 486 g/mol. The normalized spacial score (nSPS) is 14.5. The lowest BCUT2D eigenvalue weighted by Gasteiger charge is -2.17. The number of carbonyl (C=O) groups is 2. The number of ketones is 1. The second-order valence-electron chi connectivity index (χ2n) is 7.70. The van der Waals surface area contributed by atoms with E-state index in [1.807, 2.05) is 36.4 Å². The van der Waals surface area contributed by atoms with Gasteiger partial charge in [0.05, 0.1) is 23.3 Å². The summed E-state index contributed by atoms with van der Waals surface area (Å²) in [6, 6.07) is 14.4. The van der Waals surface area contributed by atoms with Crippen LogP contribution in [-0.4, -0.2) is 37.1 Å². The summed E-state index contributed by atoms with van der Waals surface area (Å²) in [6.45, 7) is 1.28. The summed E-state index contributed by atoms with van der Waals surface area (Å²) in [5.74, 6) is -1.01.